The van der Waals surface area contributed by atoms with Gasteiger partial charge in [-0.25, -0.2) is 0 Å². The molecule has 0 spiro atoms. The second-order valence-electron chi connectivity index (χ2n) is 4.67. The minimum Gasteiger partial charge on any atom is -0.497 e. The third-order valence-electron chi connectivity index (χ3n) is 3.41. The molecule has 0 aliphatic heterocycles. The molecule has 1 aliphatic carbocycles. The van der Waals surface area contributed by atoms with Gasteiger partial charge in [0.15, 0.2) is 0 Å². The Balaban J connectivity index is 1.92. The fraction of sp³-hybridized carbons (Fsp3) is 0.500. The molecule has 1 saturated carbocycles. The molecular weight excluding hydrogens is 214 g/mol. The quantitative estimate of drug-likeness (QED) is 0.799. The van der Waals surface area contributed by atoms with E-state index in [-0.39, 0.29) is 11.8 Å². The third-order valence-corrected chi connectivity index (χ3v) is 3.41. The van der Waals surface area contributed by atoms with Gasteiger partial charge in [0.05, 0.1) is 7.11 Å². The summed E-state index contributed by atoms with van der Waals surface area (Å²) in [6.07, 6.45) is 3.32. The molecule has 1 amide bonds. The molecule has 17 heavy (non-hydrogen) atoms. The SMILES string of the molecule is COc1ccc(CN(C)C(=O)C2CCC2)cc1. The number of hydrogen-bond donors (Lipinski definition) is 0. The highest BCUT2D eigenvalue weighted by molar-refractivity contribution is 5.79. The molecule has 92 valence electrons. The average Bonchev–Trinajstić information content (AvgIpc) is 2.27. The van der Waals surface area contributed by atoms with Crippen LogP contribution in [0.4, 0.5) is 0 Å². The van der Waals surface area contributed by atoms with Crippen molar-refractivity contribution in [2.45, 2.75) is 25.8 Å². The molecule has 1 aliphatic rings. The predicted octanol–water partition coefficient (Wildman–Crippen LogP) is 2.45. The summed E-state index contributed by atoms with van der Waals surface area (Å²) in [6.45, 7) is 0.680. The number of carbonyl (C=O) groups is 1. The maximum Gasteiger partial charge on any atom is 0.225 e. The highest BCUT2D eigenvalue weighted by Crippen LogP contribution is 2.28. The number of methoxy groups -OCH3 is 1. The van der Waals surface area contributed by atoms with Gasteiger partial charge >= 0.3 is 0 Å². The van der Waals surface area contributed by atoms with Crippen molar-refractivity contribution < 1.29 is 9.53 Å². The maximum absolute atomic E-state index is 12.0. The Hall–Kier alpha value is -1.51. The van der Waals surface area contributed by atoms with Crippen LogP contribution in [0.15, 0.2) is 24.3 Å². The highest BCUT2D eigenvalue weighted by Gasteiger charge is 2.27. The smallest absolute Gasteiger partial charge is 0.225 e. The molecule has 1 aromatic rings. The Morgan fingerprint density at radius 2 is 2.00 bits per heavy atom. The lowest BCUT2D eigenvalue weighted by molar-refractivity contribution is -0.137. The lowest BCUT2D eigenvalue weighted by atomic mass is 9.84. The summed E-state index contributed by atoms with van der Waals surface area (Å²) in [5.74, 6) is 1.41. The summed E-state index contributed by atoms with van der Waals surface area (Å²) < 4.78 is 5.11. The first-order valence-electron chi connectivity index (χ1n) is 6.08. The van der Waals surface area contributed by atoms with Crippen LogP contribution < -0.4 is 4.74 Å². The molecular formula is C14H19NO2. The number of carbonyl (C=O) groups excluding carboxylic acids is 1. The van der Waals surface area contributed by atoms with Gasteiger partial charge in [-0.3, -0.25) is 4.79 Å². The van der Waals surface area contributed by atoms with E-state index in [0.29, 0.717) is 6.54 Å². The molecule has 2 rings (SSSR count). The van der Waals surface area contributed by atoms with Gasteiger partial charge in [-0.2, -0.15) is 0 Å². The fourth-order valence-corrected chi connectivity index (χ4v) is 2.05. The monoisotopic (exact) mass is 233 g/mol. The van der Waals surface area contributed by atoms with E-state index < -0.39 is 0 Å². The number of benzene rings is 1. The maximum atomic E-state index is 12.0. The van der Waals surface area contributed by atoms with Crippen LogP contribution in [0, 0.1) is 5.92 Å². The molecule has 1 fully saturated rings. The van der Waals surface area contributed by atoms with Crippen molar-refractivity contribution in [3.8, 4) is 5.75 Å². The standard InChI is InChI=1S/C14H19NO2/c1-15(14(16)12-4-3-5-12)10-11-6-8-13(17-2)9-7-11/h6-9,12H,3-5,10H2,1-2H3. The second-order valence-corrected chi connectivity index (χ2v) is 4.67. The highest BCUT2D eigenvalue weighted by atomic mass is 16.5. The van der Waals surface area contributed by atoms with Gasteiger partial charge in [0.2, 0.25) is 5.91 Å². The zero-order chi connectivity index (χ0) is 12.3. The van der Waals surface area contributed by atoms with Gasteiger partial charge in [0.1, 0.15) is 5.75 Å². The number of nitrogens with zero attached hydrogens (tertiary/aromatic N) is 1. The van der Waals surface area contributed by atoms with Crippen molar-refractivity contribution in [2.24, 2.45) is 5.92 Å². The molecule has 1 aromatic carbocycles. The van der Waals surface area contributed by atoms with Crippen molar-refractivity contribution in [1.82, 2.24) is 4.90 Å². The van der Waals surface area contributed by atoms with E-state index in [2.05, 4.69) is 0 Å². The first-order chi connectivity index (χ1) is 8.20. The second kappa shape index (κ2) is 5.21. The summed E-state index contributed by atoms with van der Waals surface area (Å²) in [5.41, 5.74) is 1.14. The zero-order valence-corrected chi connectivity index (χ0v) is 10.5. The molecule has 0 unspecified atom stereocenters. The summed E-state index contributed by atoms with van der Waals surface area (Å²) in [7, 11) is 3.53. The van der Waals surface area contributed by atoms with E-state index in [1.807, 2.05) is 36.2 Å². The fourth-order valence-electron chi connectivity index (χ4n) is 2.05. The first-order valence-corrected chi connectivity index (χ1v) is 6.08. The van der Waals surface area contributed by atoms with Crippen LogP contribution in [0.2, 0.25) is 0 Å². The lowest BCUT2D eigenvalue weighted by Crippen LogP contribution is -2.35. The van der Waals surface area contributed by atoms with Crippen molar-refractivity contribution in [1.29, 1.82) is 0 Å². The van der Waals surface area contributed by atoms with Gasteiger partial charge in [-0.1, -0.05) is 18.6 Å². The Bertz CT molecular complexity index is 382. The van der Waals surface area contributed by atoms with Crippen molar-refractivity contribution in [2.75, 3.05) is 14.2 Å². The molecule has 0 saturated heterocycles. The summed E-state index contributed by atoms with van der Waals surface area (Å²) >= 11 is 0. The number of hydrogen-bond acceptors (Lipinski definition) is 2. The van der Waals surface area contributed by atoms with Crippen LogP contribution in [0.1, 0.15) is 24.8 Å². The van der Waals surface area contributed by atoms with Gasteiger partial charge in [-0.05, 0) is 30.5 Å². The van der Waals surface area contributed by atoms with E-state index in [4.69, 9.17) is 4.74 Å². The van der Waals surface area contributed by atoms with E-state index >= 15 is 0 Å². The Morgan fingerprint density at radius 3 is 2.47 bits per heavy atom. The molecule has 3 nitrogen and oxygen atoms in total. The predicted molar refractivity (Wildman–Crippen MR) is 66.8 cm³/mol. The van der Waals surface area contributed by atoms with Crippen LogP contribution >= 0.6 is 0 Å². The Kier molecular flexibility index (Phi) is 3.67. The number of ether oxygens (including phenoxy) is 1. The van der Waals surface area contributed by atoms with E-state index in [1.165, 1.54) is 6.42 Å². The molecule has 3 heteroatoms. The number of rotatable bonds is 4. The van der Waals surface area contributed by atoms with Gasteiger partial charge in [-0.15, -0.1) is 0 Å². The molecule has 0 bridgehead atoms. The minimum atomic E-state index is 0.276. The van der Waals surface area contributed by atoms with E-state index in [9.17, 15) is 4.79 Å². The summed E-state index contributed by atoms with van der Waals surface area (Å²) in [5, 5.41) is 0. The largest absolute Gasteiger partial charge is 0.497 e. The molecule has 0 heterocycles. The normalized spacial score (nSPS) is 15.2. The van der Waals surface area contributed by atoms with Crippen LogP contribution in [0.3, 0.4) is 0 Å². The van der Waals surface area contributed by atoms with Crippen LogP contribution in [0.5, 0.6) is 5.75 Å². The average molecular weight is 233 g/mol. The van der Waals surface area contributed by atoms with Crippen LogP contribution in [-0.2, 0) is 11.3 Å². The molecule has 0 N–H and O–H groups in total. The molecule has 0 radical (unpaired) electrons. The first kappa shape index (κ1) is 12.0. The van der Waals surface area contributed by atoms with Crippen molar-refractivity contribution >= 4 is 5.91 Å². The lowest BCUT2D eigenvalue weighted by Gasteiger charge is -2.29. The van der Waals surface area contributed by atoms with Crippen LogP contribution in [0.25, 0.3) is 0 Å². The minimum absolute atomic E-state index is 0.276. The molecule has 0 aromatic heterocycles. The van der Waals surface area contributed by atoms with E-state index in [0.717, 1.165) is 24.2 Å². The van der Waals surface area contributed by atoms with Gasteiger partial charge in [0.25, 0.3) is 0 Å². The van der Waals surface area contributed by atoms with Crippen molar-refractivity contribution in [3.05, 3.63) is 29.8 Å². The third kappa shape index (κ3) is 2.78. The van der Waals surface area contributed by atoms with Crippen molar-refractivity contribution in [3.63, 3.8) is 0 Å². The topological polar surface area (TPSA) is 29.5 Å². The van der Waals surface area contributed by atoms with Gasteiger partial charge in [0, 0.05) is 19.5 Å². The Labute approximate surface area is 102 Å². The summed E-state index contributed by atoms with van der Waals surface area (Å²) in [6, 6.07) is 7.86. The zero-order valence-electron chi connectivity index (χ0n) is 10.5. The number of amides is 1. The Morgan fingerprint density at radius 1 is 1.35 bits per heavy atom. The van der Waals surface area contributed by atoms with Gasteiger partial charge < -0.3 is 9.64 Å². The van der Waals surface area contributed by atoms with E-state index in [1.54, 1.807) is 7.11 Å². The molecule has 0 atom stereocenters. The summed E-state index contributed by atoms with van der Waals surface area (Å²) in [4.78, 5) is 13.8. The van der Waals surface area contributed by atoms with Crippen LogP contribution in [-0.4, -0.2) is 25.0 Å².